The number of aliphatic hydroxyl groups excluding tert-OH is 1. The average molecular weight is 406 g/mol. The van der Waals surface area contributed by atoms with E-state index in [0.717, 1.165) is 17.3 Å². The third-order valence-corrected chi connectivity index (χ3v) is 5.08. The fourth-order valence-electron chi connectivity index (χ4n) is 2.29. The summed E-state index contributed by atoms with van der Waals surface area (Å²) < 4.78 is 4.79. The van der Waals surface area contributed by atoms with E-state index in [-0.39, 0.29) is 11.3 Å². The molecule has 1 aliphatic heterocycles. The predicted octanol–water partition coefficient (Wildman–Crippen LogP) is 5.80. The highest BCUT2D eigenvalue weighted by molar-refractivity contribution is 8.18. The van der Waals surface area contributed by atoms with Crippen LogP contribution in [0, 0.1) is 0 Å². The van der Waals surface area contributed by atoms with Crippen molar-refractivity contribution in [2.24, 2.45) is 4.99 Å². The third-order valence-electron chi connectivity index (χ3n) is 3.50. The van der Waals surface area contributed by atoms with Crippen LogP contribution in [0.15, 0.2) is 69.8 Å². The average Bonchev–Trinajstić information content (AvgIpc) is 2.92. The quantitative estimate of drug-likeness (QED) is 0.655. The van der Waals surface area contributed by atoms with E-state index in [1.54, 1.807) is 48.5 Å². The van der Waals surface area contributed by atoms with Gasteiger partial charge in [-0.3, -0.25) is 0 Å². The molecule has 0 aromatic heterocycles. The zero-order valence-electron chi connectivity index (χ0n) is 13.6. The highest BCUT2D eigenvalue weighted by Crippen LogP contribution is 2.41. The lowest BCUT2D eigenvalue weighted by Crippen LogP contribution is -2.10. The number of rotatable bonds is 3. The van der Waals surface area contributed by atoms with E-state index in [1.165, 1.54) is 7.11 Å². The fourth-order valence-corrected chi connectivity index (χ4v) is 3.69. The molecule has 0 saturated carbocycles. The van der Waals surface area contributed by atoms with E-state index in [2.05, 4.69) is 4.99 Å². The van der Waals surface area contributed by atoms with Crippen molar-refractivity contribution in [3.63, 3.8) is 0 Å². The van der Waals surface area contributed by atoms with Gasteiger partial charge in [-0.25, -0.2) is 9.79 Å². The molecule has 2 aromatic rings. The molecule has 0 aliphatic carbocycles. The van der Waals surface area contributed by atoms with Gasteiger partial charge in [0.25, 0.3) is 0 Å². The summed E-state index contributed by atoms with van der Waals surface area (Å²) in [6.45, 7) is 0. The first-order chi connectivity index (χ1) is 12.5. The van der Waals surface area contributed by atoms with Crippen molar-refractivity contribution in [1.82, 2.24) is 0 Å². The summed E-state index contributed by atoms with van der Waals surface area (Å²) >= 11 is 13.3. The number of carbonyl (C=O) groups is 1. The number of carbonyl (C=O) groups excluding carboxylic acids is 1. The van der Waals surface area contributed by atoms with Gasteiger partial charge in [-0.1, -0.05) is 59.2 Å². The number of benzene rings is 2. The highest BCUT2D eigenvalue weighted by Gasteiger charge is 2.33. The Balaban J connectivity index is 2.07. The summed E-state index contributed by atoms with van der Waals surface area (Å²) in [6, 6.07) is 14.1. The Morgan fingerprint density at radius 1 is 1.19 bits per heavy atom. The lowest BCUT2D eigenvalue weighted by molar-refractivity contribution is -0.135. The van der Waals surface area contributed by atoms with Gasteiger partial charge in [-0.15, -0.1) is 0 Å². The number of esters is 1. The van der Waals surface area contributed by atoms with Crippen molar-refractivity contribution in [2.75, 3.05) is 7.11 Å². The minimum Gasteiger partial charge on any atom is -0.506 e. The lowest BCUT2D eigenvalue weighted by atomic mass is 10.1. The van der Waals surface area contributed by atoms with E-state index >= 15 is 0 Å². The molecule has 0 bridgehead atoms. The largest absolute Gasteiger partial charge is 0.506 e. The molecule has 0 amide bonds. The molecule has 26 heavy (non-hydrogen) atoms. The van der Waals surface area contributed by atoms with Gasteiger partial charge in [0.1, 0.15) is 16.4 Å². The van der Waals surface area contributed by atoms with Crippen LogP contribution in [0.5, 0.6) is 0 Å². The minimum atomic E-state index is -0.671. The monoisotopic (exact) mass is 405 g/mol. The Kier molecular flexibility index (Phi) is 5.71. The Bertz CT molecular complexity index is 967. The van der Waals surface area contributed by atoms with Gasteiger partial charge >= 0.3 is 5.97 Å². The summed E-state index contributed by atoms with van der Waals surface area (Å²) in [5.41, 5.74) is 1.29. The Morgan fingerprint density at radius 2 is 1.96 bits per heavy atom. The highest BCUT2D eigenvalue weighted by atomic mass is 35.5. The van der Waals surface area contributed by atoms with Gasteiger partial charge in [-0.2, -0.15) is 0 Å². The minimum absolute atomic E-state index is 0.00528. The van der Waals surface area contributed by atoms with Gasteiger partial charge in [0.15, 0.2) is 0 Å². The first-order valence-corrected chi connectivity index (χ1v) is 9.07. The van der Waals surface area contributed by atoms with Crippen molar-refractivity contribution >= 4 is 57.7 Å². The van der Waals surface area contributed by atoms with Crippen LogP contribution in [0.2, 0.25) is 10.0 Å². The molecule has 0 fully saturated rings. The molecular weight excluding hydrogens is 393 g/mol. The van der Waals surface area contributed by atoms with Crippen molar-refractivity contribution in [2.45, 2.75) is 0 Å². The Morgan fingerprint density at radius 3 is 2.65 bits per heavy atom. The molecule has 0 radical (unpaired) electrons. The van der Waals surface area contributed by atoms with Gasteiger partial charge in [0.05, 0.1) is 22.7 Å². The fraction of sp³-hybridized carbons (Fsp3) is 0.0526. The lowest BCUT2D eigenvalue weighted by Gasteiger charge is -2.03. The van der Waals surface area contributed by atoms with Crippen molar-refractivity contribution < 1.29 is 14.6 Å². The predicted molar refractivity (Wildman–Crippen MR) is 107 cm³/mol. The normalized spacial score (nSPS) is 17.2. The second-order valence-electron chi connectivity index (χ2n) is 5.25. The van der Waals surface area contributed by atoms with Crippen LogP contribution in [0.4, 0.5) is 5.69 Å². The number of hydrogen-bond donors (Lipinski definition) is 1. The molecule has 132 valence electrons. The first kappa shape index (κ1) is 18.6. The maximum Gasteiger partial charge on any atom is 0.344 e. The number of halogens is 2. The number of hydrogen-bond acceptors (Lipinski definition) is 5. The molecule has 1 heterocycles. The number of aliphatic imine (C=N–C) groups is 1. The van der Waals surface area contributed by atoms with E-state index < -0.39 is 5.97 Å². The van der Waals surface area contributed by atoms with Crippen LogP contribution in [-0.4, -0.2) is 23.2 Å². The maximum atomic E-state index is 12.1. The number of para-hydroxylation sites is 1. The summed E-state index contributed by atoms with van der Waals surface area (Å²) in [7, 11) is 1.25. The van der Waals surface area contributed by atoms with Crippen LogP contribution in [-0.2, 0) is 9.53 Å². The Hall–Kier alpha value is -2.21. The van der Waals surface area contributed by atoms with Crippen molar-refractivity contribution in [1.29, 1.82) is 0 Å². The van der Waals surface area contributed by atoms with Gasteiger partial charge < -0.3 is 9.84 Å². The van der Waals surface area contributed by atoms with E-state index in [1.807, 2.05) is 6.07 Å². The van der Waals surface area contributed by atoms with Gasteiger partial charge in [-0.05, 0) is 35.9 Å². The van der Waals surface area contributed by atoms with E-state index in [0.29, 0.717) is 25.7 Å². The zero-order chi connectivity index (χ0) is 18.7. The molecule has 0 unspecified atom stereocenters. The standard InChI is InChI=1S/C19H13Cl2NO3S/c1-25-19(24)16-17(23)15(10-11-5-4-6-12(20)9-11)26-18(16)22-14-8-3-2-7-13(14)21/h2-10,23H,1H3. The molecule has 7 heteroatoms. The molecule has 0 spiro atoms. The number of thioether (sulfide) groups is 1. The SMILES string of the molecule is COC(=O)C1=C(O)C(=Cc2cccc(Cl)c2)SC1=Nc1ccccc1Cl. The van der Waals surface area contributed by atoms with Gasteiger partial charge in [0.2, 0.25) is 0 Å². The summed E-state index contributed by atoms with van der Waals surface area (Å²) in [5.74, 6) is -0.858. The third kappa shape index (κ3) is 3.96. The summed E-state index contributed by atoms with van der Waals surface area (Å²) in [6.07, 6.45) is 1.73. The zero-order valence-corrected chi connectivity index (χ0v) is 15.9. The van der Waals surface area contributed by atoms with Crippen molar-refractivity contribution in [3.8, 4) is 0 Å². The second kappa shape index (κ2) is 7.99. The molecule has 0 saturated heterocycles. The molecule has 3 rings (SSSR count). The number of aliphatic hydroxyl groups is 1. The van der Waals surface area contributed by atoms with Crippen LogP contribution >= 0.6 is 35.0 Å². The second-order valence-corrected chi connectivity index (χ2v) is 7.12. The first-order valence-electron chi connectivity index (χ1n) is 7.50. The summed E-state index contributed by atoms with van der Waals surface area (Å²) in [5, 5.41) is 11.9. The van der Waals surface area contributed by atoms with Gasteiger partial charge in [0, 0.05) is 5.02 Å². The molecular formula is C19H13Cl2NO3S. The topological polar surface area (TPSA) is 58.9 Å². The molecule has 2 aromatic carbocycles. The van der Waals surface area contributed by atoms with Crippen LogP contribution in [0.1, 0.15) is 5.56 Å². The smallest absolute Gasteiger partial charge is 0.344 e. The van der Waals surface area contributed by atoms with Crippen LogP contribution in [0.3, 0.4) is 0 Å². The van der Waals surface area contributed by atoms with Crippen LogP contribution in [0.25, 0.3) is 6.08 Å². The maximum absolute atomic E-state index is 12.1. The molecule has 0 atom stereocenters. The van der Waals surface area contributed by atoms with Crippen LogP contribution < -0.4 is 0 Å². The Labute approximate surface area is 164 Å². The number of methoxy groups -OCH3 is 1. The van der Waals surface area contributed by atoms with Crippen molar-refractivity contribution in [3.05, 3.63) is 80.4 Å². The van der Waals surface area contributed by atoms with E-state index in [9.17, 15) is 9.90 Å². The molecule has 1 aliphatic rings. The molecule has 1 N–H and O–H groups in total. The summed E-state index contributed by atoms with van der Waals surface area (Å²) in [4.78, 5) is 17.0. The molecule has 4 nitrogen and oxygen atoms in total. The number of nitrogens with zero attached hydrogens (tertiary/aromatic N) is 1. The van der Waals surface area contributed by atoms with E-state index in [4.69, 9.17) is 27.9 Å². The number of ether oxygens (including phenoxy) is 1.